The molecule has 25 heavy (non-hydrogen) atoms. The maximum atomic E-state index is 13.0. The maximum Gasteiger partial charge on any atom is 0.331 e. The van der Waals surface area contributed by atoms with E-state index >= 15 is 0 Å². The summed E-state index contributed by atoms with van der Waals surface area (Å²) in [5.74, 6) is -1.78. The Morgan fingerprint density at radius 3 is 2.60 bits per heavy atom. The van der Waals surface area contributed by atoms with Crippen LogP contribution in [0.2, 0.25) is 10.0 Å². The molecule has 0 fully saturated rings. The van der Waals surface area contributed by atoms with E-state index in [4.69, 9.17) is 27.9 Å². The largest absolute Gasteiger partial charge is 0.452 e. The van der Waals surface area contributed by atoms with Crippen molar-refractivity contribution in [1.29, 1.82) is 0 Å². The first-order valence-electron chi connectivity index (χ1n) is 7.21. The van der Waals surface area contributed by atoms with Gasteiger partial charge in [0.1, 0.15) is 5.82 Å². The van der Waals surface area contributed by atoms with Gasteiger partial charge in [-0.2, -0.15) is 0 Å². The molecule has 2 rings (SSSR count). The smallest absolute Gasteiger partial charge is 0.331 e. The molecule has 1 amide bonds. The molecule has 0 radical (unpaired) electrons. The zero-order valence-electron chi connectivity index (χ0n) is 13.2. The number of amides is 1. The monoisotopic (exact) mass is 381 g/mol. The van der Waals surface area contributed by atoms with E-state index in [0.717, 1.165) is 11.6 Å². The topological polar surface area (TPSA) is 55.4 Å². The normalized spacial score (nSPS) is 10.7. The first-order valence-corrected chi connectivity index (χ1v) is 7.96. The van der Waals surface area contributed by atoms with Crippen LogP contribution in [0.3, 0.4) is 0 Å². The maximum absolute atomic E-state index is 13.0. The number of carbonyl (C=O) groups is 2. The van der Waals surface area contributed by atoms with Gasteiger partial charge in [0.05, 0.1) is 15.7 Å². The molecule has 0 saturated carbocycles. The van der Waals surface area contributed by atoms with Gasteiger partial charge in [-0.15, -0.1) is 0 Å². The number of carbonyl (C=O) groups excluding carboxylic acids is 2. The summed E-state index contributed by atoms with van der Waals surface area (Å²) in [7, 11) is 0. The Labute approximate surface area is 154 Å². The van der Waals surface area contributed by atoms with Crippen molar-refractivity contribution in [2.75, 3.05) is 11.9 Å². The van der Waals surface area contributed by atoms with Crippen molar-refractivity contribution in [2.24, 2.45) is 0 Å². The summed E-state index contributed by atoms with van der Waals surface area (Å²) < 4.78 is 17.9. The summed E-state index contributed by atoms with van der Waals surface area (Å²) in [6.07, 6.45) is 2.53. The number of esters is 1. The minimum absolute atomic E-state index is 0.0510. The van der Waals surface area contributed by atoms with Gasteiger partial charge in [-0.25, -0.2) is 9.18 Å². The van der Waals surface area contributed by atoms with Crippen molar-refractivity contribution in [3.8, 4) is 0 Å². The molecule has 130 valence electrons. The van der Waals surface area contributed by atoms with Crippen molar-refractivity contribution in [3.63, 3.8) is 0 Å². The molecule has 0 unspecified atom stereocenters. The number of ether oxygens (including phenoxy) is 1. The van der Waals surface area contributed by atoms with Crippen molar-refractivity contribution >= 4 is 46.8 Å². The average molecular weight is 382 g/mol. The molecular weight excluding hydrogens is 368 g/mol. The zero-order valence-corrected chi connectivity index (χ0v) is 14.7. The van der Waals surface area contributed by atoms with Crippen molar-refractivity contribution in [3.05, 3.63) is 69.5 Å². The molecule has 0 aliphatic rings. The van der Waals surface area contributed by atoms with Crippen LogP contribution < -0.4 is 5.32 Å². The van der Waals surface area contributed by atoms with E-state index in [-0.39, 0.29) is 5.02 Å². The highest BCUT2D eigenvalue weighted by atomic mass is 35.5. The van der Waals surface area contributed by atoms with E-state index in [1.807, 2.05) is 6.92 Å². The minimum atomic E-state index is -0.717. The third-order valence-corrected chi connectivity index (χ3v) is 3.70. The lowest BCUT2D eigenvalue weighted by Crippen LogP contribution is -2.20. The second-order valence-electron chi connectivity index (χ2n) is 5.15. The molecule has 1 N–H and O–H groups in total. The van der Waals surface area contributed by atoms with Gasteiger partial charge in [0.2, 0.25) is 0 Å². The number of nitrogens with one attached hydrogen (secondary N) is 1. The fraction of sp³-hybridized carbons (Fsp3) is 0.111. The summed E-state index contributed by atoms with van der Waals surface area (Å²) in [5, 5.41) is 2.89. The Morgan fingerprint density at radius 1 is 1.16 bits per heavy atom. The molecular formula is C18H14Cl2FNO3. The minimum Gasteiger partial charge on any atom is -0.452 e. The number of hydrogen-bond acceptors (Lipinski definition) is 3. The van der Waals surface area contributed by atoms with Crippen LogP contribution in [0.1, 0.15) is 11.1 Å². The summed E-state index contributed by atoms with van der Waals surface area (Å²) in [4.78, 5) is 23.4. The van der Waals surface area contributed by atoms with Gasteiger partial charge in [0.15, 0.2) is 6.61 Å². The molecule has 0 bridgehead atoms. The van der Waals surface area contributed by atoms with Crippen LogP contribution in [0.4, 0.5) is 10.1 Å². The van der Waals surface area contributed by atoms with Crippen LogP contribution in [0.5, 0.6) is 0 Å². The molecule has 0 aliphatic carbocycles. The first-order chi connectivity index (χ1) is 11.8. The summed E-state index contributed by atoms with van der Waals surface area (Å²) in [6, 6.07) is 9.18. The van der Waals surface area contributed by atoms with Gasteiger partial charge >= 0.3 is 5.97 Å². The molecule has 7 heteroatoms. The SMILES string of the molecule is Cc1ccc(NC(=O)COC(=O)/C=C/c2ccc(F)c(Cl)c2)c(Cl)c1. The summed E-state index contributed by atoms with van der Waals surface area (Å²) in [5.41, 5.74) is 1.92. The predicted octanol–water partition coefficient (Wildman–Crippen LogP) is 4.64. The number of aryl methyl sites for hydroxylation is 1. The highest BCUT2D eigenvalue weighted by molar-refractivity contribution is 6.33. The second-order valence-corrected chi connectivity index (χ2v) is 5.96. The number of anilines is 1. The number of halogens is 3. The van der Waals surface area contributed by atoms with Crippen LogP contribution in [0.15, 0.2) is 42.5 Å². The Kier molecular flexibility index (Phi) is 6.56. The number of hydrogen-bond donors (Lipinski definition) is 1. The summed E-state index contributed by atoms with van der Waals surface area (Å²) >= 11 is 11.6. The number of benzene rings is 2. The van der Waals surface area contributed by atoms with Crippen molar-refractivity contribution in [1.82, 2.24) is 0 Å². The Morgan fingerprint density at radius 2 is 1.92 bits per heavy atom. The quantitative estimate of drug-likeness (QED) is 0.606. The molecule has 0 spiro atoms. The zero-order chi connectivity index (χ0) is 18.4. The highest BCUT2D eigenvalue weighted by Gasteiger charge is 2.08. The molecule has 0 aromatic heterocycles. The van der Waals surface area contributed by atoms with Crippen molar-refractivity contribution < 1.29 is 18.7 Å². The van der Waals surface area contributed by atoms with Gasteiger partial charge in [0, 0.05) is 6.08 Å². The van der Waals surface area contributed by atoms with Crippen LogP contribution in [-0.4, -0.2) is 18.5 Å². The Balaban J connectivity index is 1.85. The van der Waals surface area contributed by atoms with Crippen LogP contribution in [0, 0.1) is 12.7 Å². The third-order valence-electron chi connectivity index (χ3n) is 3.10. The lowest BCUT2D eigenvalue weighted by Gasteiger charge is -2.07. The predicted molar refractivity (Wildman–Crippen MR) is 96.2 cm³/mol. The summed E-state index contributed by atoms with van der Waals surface area (Å²) in [6.45, 7) is 1.41. The Hall–Kier alpha value is -2.37. The molecule has 0 aliphatic heterocycles. The van der Waals surface area contributed by atoms with Gasteiger partial charge in [-0.05, 0) is 48.4 Å². The fourth-order valence-corrected chi connectivity index (χ4v) is 2.34. The van der Waals surface area contributed by atoms with Crippen molar-refractivity contribution in [2.45, 2.75) is 6.92 Å². The third kappa shape index (κ3) is 5.89. The van der Waals surface area contributed by atoms with Gasteiger partial charge in [0.25, 0.3) is 5.91 Å². The molecule has 0 atom stereocenters. The molecule has 0 heterocycles. The van der Waals surface area contributed by atoms with Gasteiger partial charge < -0.3 is 10.1 Å². The lowest BCUT2D eigenvalue weighted by atomic mass is 10.2. The van der Waals surface area contributed by atoms with E-state index in [0.29, 0.717) is 16.3 Å². The Bertz CT molecular complexity index is 837. The molecule has 2 aromatic rings. The van der Waals surface area contributed by atoms with Crippen LogP contribution >= 0.6 is 23.2 Å². The van der Waals surface area contributed by atoms with E-state index in [9.17, 15) is 14.0 Å². The fourth-order valence-electron chi connectivity index (χ4n) is 1.87. The van der Waals surface area contributed by atoms with E-state index in [1.165, 1.54) is 24.3 Å². The first kappa shape index (κ1) is 19.0. The van der Waals surface area contributed by atoms with Gasteiger partial charge in [-0.1, -0.05) is 35.3 Å². The highest BCUT2D eigenvalue weighted by Crippen LogP contribution is 2.22. The average Bonchev–Trinajstić information content (AvgIpc) is 2.56. The molecule has 2 aromatic carbocycles. The molecule has 0 saturated heterocycles. The van der Waals surface area contributed by atoms with E-state index in [2.05, 4.69) is 5.32 Å². The lowest BCUT2D eigenvalue weighted by molar-refractivity contribution is -0.142. The second kappa shape index (κ2) is 8.65. The van der Waals surface area contributed by atoms with E-state index in [1.54, 1.807) is 18.2 Å². The molecule has 4 nitrogen and oxygen atoms in total. The van der Waals surface area contributed by atoms with Gasteiger partial charge in [-0.3, -0.25) is 4.79 Å². The van der Waals surface area contributed by atoms with E-state index < -0.39 is 24.3 Å². The van der Waals surface area contributed by atoms with Crippen LogP contribution in [0.25, 0.3) is 6.08 Å². The van der Waals surface area contributed by atoms with Crippen LogP contribution in [-0.2, 0) is 14.3 Å². The number of rotatable bonds is 5. The standard InChI is InChI=1S/C18H14Cl2FNO3/c1-11-2-6-16(14(20)8-11)22-17(23)10-25-18(24)7-4-12-3-5-15(21)13(19)9-12/h2-9H,10H2,1H3,(H,22,23)/b7-4+.